The number of aliphatic hydroxyl groups excluding tert-OH is 1. The number of likely N-dealkylation sites (tertiary alicyclic amines) is 2. The average molecular weight is 316 g/mol. The van der Waals surface area contributed by atoms with Crippen LogP contribution in [-0.4, -0.2) is 53.6 Å². The summed E-state index contributed by atoms with van der Waals surface area (Å²) in [5.41, 5.74) is 1.34. The number of hydrogen-bond acceptors (Lipinski definition) is 3. The highest BCUT2D eigenvalue weighted by Crippen LogP contribution is 2.36. The Kier molecular flexibility index (Phi) is 5.34. The lowest BCUT2D eigenvalue weighted by atomic mass is 9.79. The third kappa shape index (κ3) is 3.93. The molecule has 0 aromatic heterocycles. The maximum atomic E-state index is 11.5. The average Bonchev–Trinajstić information content (AvgIpc) is 2.98. The molecule has 3 rings (SSSR count). The van der Waals surface area contributed by atoms with Gasteiger partial charge in [-0.2, -0.15) is 0 Å². The number of benzene rings is 1. The minimum Gasteiger partial charge on any atom is -0.396 e. The van der Waals surface area contributed by atoms with Gasteiger partial charge in [-0.25, -0.2) is 0 Å². The highest BCUT2D eigenvalue weighted by molar-refractivity contribution is 5.73. The van der Waals surface area contributed by atoms with Crippen LogP contribution in [-0.2, 0) is 11.3 Å². The second-order valence-corrected chi connectivity index (χ2v) is 7.13. The fraction of sp³-hybridized carbons (Fsp3) is 0.632. The zero-order valence-electron chi connectivity index (χ0n) is 14.0. The Morgan fingerprint density at radius 3 is 2.48 bits per heavy atom. The van der Waals surface area contributed by atoms with E-state index in [4.69, 9.17) is 0 Å². The monoisotopic (exact) mass is 316 g/mol. The van der Waals surface area contributed by atoms with E-state index in [1.807, 2.05) is 4.90 Å². The SMILES string of the molecule is CC(=O)N1CCC([C@@H]2CN(Cc3ccccc3)C[C@H]2CO)CC1. The van der Waals surface area contributed by atoms with Crippen molar-refractivity contribution in [2.45, 2.75) is 26.3 Å². The third-order valence-electron chi connectivity index (χ3n) is 5.64. The zero-order valence-corrected chi connectivity index (χ0v) is 14.0. The van der Waals surface area contributed by atoms with Gasteiger partial charge >= 0.3 is 0 Å². The first kappa shape index (κ1) is 16.5. The zero-order chi connectivity index (χ0) is 16.2. The quantitative estimate of drug-likeness (QED) is 0.924. The maximum Gasteiger partial charge on any atom is 0.219 e. The van der Waals surface area contributed by atoms with Crippen LogP contribution in [0.2, 0.25) is 0 Å². The maximum absolute atomic E-state index is 11.5. The fourth-order valence-corrected chi connectivity index (χ4v) is 4.33. The second kappa shape index (κ2) is 7.45. The number of carbonyl (C=O) groups is 1. The molecule has 0 bridgehead atoms. The molecular formula is C19H28N2O2. The van der Waals surface area contributed by atoms with E-state index in [2.05, 4.69) is 35.2 Å². The molecule has 0 saturated carbocycles. The summed E-state index contributed by atoms with van der Waals surface area (Å²) in [6, 6.07) is 10.6. The van der Waals surface area contributed by atoms with Crippen LogP contribution in [0.3, 0.4) is 0 Å². The lowest BCUT2D eigenvalue weighted by Crippen LogP contribution is -2.40. The minimum atomic E-state index is 0.194. The Morgan fingerprint density at radius 2 is 1.87 bits per heavy atom. The number of piperidine rings is 1. The normalized spacial score (nSPS) is 26.6. The van der Waals surface area contributed by atoms with Gasteiger partial charge in [0.05, 0.1) is 0 Å². The van der Waals surface area contributed by atoms with Crippen molar-refractivity contribution in [2.75, 3.05) is 32.8 Å². The van der Waals surface area contributed by atoms with E-state index in [9.17, 15) is 9.90 Å². The summed E-state index contributed by atoms with van der Waals surface area (Å²) in [5.74, 6) is 1.79. The van der Waals surface area contributed by atoms with E-state index in [0.29, 0.717) is 17.8 Å². The summed E-state index contributed by atoms with van der Waals surface area (Å²) in [7, 11) is 0. The van der Waals surface area contributed by atoms with Crippen molar-refractivity contribution in [3.8, 4) is 0 Å². The summed E-state index contributed by atoms with van der Waals surface area (Å²) in [6.45, 7) is 6.74. The Bertz CT molecular complexity index is 511. The molecule has 23 heavy (non-hydrogen) atoms. The van der Waals surface area contributed by atoms with Crippen molar-refractivity contribution in [3.63, 3.8) is 0 Å². The number of carbonyl (C=O) groups excluding carboxylic acids is 1. The molecule has 0 aliphatic carbocycles. The Labute approximate surface area is 139 Å². The number of amides is 1. The van der Waals surface area contributed by atoms with Crippen LogP contribution < -0.4 is 0 Å². The minimum absolute atomic E-state index is 0.194. The van der Waals surface area contributed by atoms with Gasteiger partial charge in [0.15, 0.2) is 0 Å². The smallest absolute Gasteiger partial charge is 0.219 e. The number of hydrogen-bond donors (Lipinski definition) is 1. The van der Waals surface area contributed by atoms with Crippen molar-refractivity contribution >= 4 is 5.91 Å². The third-order valence-corrected chi connectivity index (χ3v) is 5.64. The Hall–Kier alpha value is -1.39. The van der Waals surface area contributed by atoms with E-state index >= 15 is 0 Å². The van der Waals surface area contributed by atoms with Crippen LogP contribution in [0.25, 0.3) is 0 Å². The Morgan fingerprint density at radius 1 is 1.17 bits per heavy atom. The van der Waals surface area contributed by atoms with Gasteiger partial charge in [0.1, 0.15) is 0 Å². The van der Waals surface area contributed by atoms with E-state index in [1.165, 1.54) is 5.56 Å². The molecule has 2 aliphatic rings. The topological polar surface area (TPSA) is 43.8 Å². The standard InChI is InChI=1S/C19H28N2O2/c1-15(23)21-9-7-17(8-10-21)19-13-20(12-18(19)14-22)11-16-5-3-2-4-6-16/h2-6,17-19,22H,7-14H2,1H3/t18-,19-/m0/s1. The van der Waals surface area contributed by atoms with Crippen LogP contribution in [0.15, 0.2) is 30.3 Å². The van der Waals surface area contributed by atoms with Crippen molar-refractivity contribution in [1.29, 1.82) is 0 Å². The molecule has 0 spiro atoms. The molecule has 0 radical (unpaired) electrons. The van der Waals surface area contributed by atoms with Gasteiger partial charge < -0.3 is 10.0 Å². The van der Waals surface area contributed by atoms with E-state index in [-0.39, 0.29) is 12.5 Å². The van der Waals surface area contributed by atoms with Crippen molar-refractivity contribution < 1.29 is 9.90 Å². The van der Waals surface area contributed by atoms with E-state index in [1.54, 1.807) is 6.92 Å². The van der Waals surface area contributed by atoms with Crippen LogP contribution in [0, 0.1) is 17.8 Å². The molecule has 2 saturated heterocycles. The van der Waals surface area contributed by atoms with Gasteiger partial charge in [-0.15, -0.1) is 0 Å². The van der Waals surface area contributed by atoms with Crippen molar-refractivity contribution in [2.24, 2.45) is 17.8 Å². The first-order valence-electron chi connectivity index (χ1n) is 8.80. The molecule has 2 atom stereocenters. The molecule has 2 aliphatic heterocycles. The fourth-order valence-electron chi connectivity index (χ4n) is 4.33. The molecule has 4 nitrogen and oxygen atoms in total. The van der Waals surface area contributed by atoms with Gasteiger partial charge in [-0.3, -0.25) is 9.69 Å². The molecule has 126 valence electrons. The van der Waals surface area contributed by atoms with Crippen LogP contribution in [0.5, 0.6) is 0 Å². The number of nitrogens with zero attached hydrogens (tertiary/aromatic N) is 2. The van der Waals surface area contributed by atoms with E-state index < -0.39 is 0 Å². The molecule has 2 fully saturated rings. The molecular weight excluding hydrogens is 288 g/mol. The first-order chi connectivity index (χ1) is 11.2. The molecule has 1 amide bonds. The summed E-state index contributed by atoms with van der Waals surface area (Å²) >= 11 is 0. The lowest BCUT2D eigenvalue weighted by Gasteiger charge is -2.36. The number of aliphatic hydroxyl groups is 1. The predicted octanol–water partition coefficient (Wildman–Crippen LogP) is 1.99. The summed E-state index contributed by atoms with van der Waals surface area (Å²) in [4.78, 5) is 15.9. The number of rotatable bonds is 4. The highest BCUT2D eigenvalue weighted by atomic mass is 16.3. The van der Waals surface area contributed by atoms with Gasteiger partial charge in [0.2, 0.25) is 5.91 Å². The predicted molar refractivity (Wildman–Crippen MR) is 90.8 cm³/mol. The lowest BCUT2D eigenvalue weighted by molar-refractivity contribution is -0.130. The summed E-state index contributed by atoms with van der Waals surface area (Å²) < 4.78 is 0. The molecule has 1 aromatic rings. The molecule has 2 heterocycles. The van der Waals surface area contributed by atoms with Crippen LogP contribution in [0.1, 0.15) is 25.3 Å². The van der Waals surface area contributed by atoms with Crippen molar-refractivity contribution in [1.82, 2.24) is 9.80 Å². The second-order valence-electron chi connectivity index (χ2n) is 7.13. The molecule has 0 unspecified atom stereocenters. The van der Waals surface area contributed by atoms with Crippen LogP contribution >= 0.6 is 0 Å². The largest absolute Gasteiger partial charge is 0.396 e. The first-order valence-corrected chi connectivity index (χ1v) is 8.80. The van der Waals surface area contributed by atoms with Gasteiger partial charge in [0.25, 0.3) is 0 Å². The van der Waals surface area contributed by atoms with Crippen molar-refractivity contribution in [3.05, 3.63) is 35.9 Å². The summed E-state index contributed by atoms with van der Waals surface area (Å²) in [5, 5.41) is 9.80. The summed E-state index contributed by atoms with van der Waals surface area (Å²) in [6.07, 6.45) is 2.17. The van der Waals surface area contributed by atoms with Gasteiger partial charge in [0, 0.05) is 46.3 Å². The molecule has 1 aromatic carbocycles. The Balaban J connectivity index is 1.58. The van der Waals surface area contributed by atoms with Gasteiger partial charge in [-0.1, -0.05) is 30.3 Å². The van der Waals surface area contributed by atoms with Gasteiger partial charge in [-0.05, 0) is 36.2 Å². The van der Waals surface area contributed by atoms with E-state index in [0.717, 1.165) is 45.6 Å². The molecule has 1 N–H and O–H groups in total. The van der Waals surface area contributed by atoms with Crippen LogP contribution in [0.4, 0.5) is 0 Å². The molecule has 4 heteroatoms. The highest BCUT2D eigenvalue weighted by Gasteiger charge is 2.38.